The Labute approximate surface area is 123 Å². The van der Waals surface area contributed by atoms with Crippen molar-refractivity contribution in [3.05, 3.63) is 35.9 Å². The summed E-state index contributed by atoms with van der Waals surface area (Å²) in [5.74, 6) is -2.02. The first-order chi connectivity index (χ1) is 10.1. The molecule has 1 N–H and O–H groups in total. The summed E-state index contributed by atoms with van der Waals surface area (Å²) in [5.41, 5.74) is 0.899. The first-order valence-electron chi connectivity index (χ1n) is 7.08. The van der Waals surface area contributed by atoms with Gasteiger partial charge in [0.05, 0.1) is 25.0 Å². The van der Waals surface area contributed by atoms with Gasteiger partial charge in [0.25, 0.3) is 0 Å². The third-order valence-electron chi connectivity index (χ3n) is 3.85. The highest BCUT2D eigenvalue weighted by Crippen LogP contribution is 2.32. The van der Waals surface area contributed by atoms with Crippen molar-refractivity contribution >= 4 is 11.9 Å². The number of rotatable bonds is 4. The topological polar surface area (TPSA) is 72.8 Å². The van der Waals surface area contributed by atoms with Gasteiger partial charge in [0, 0.05) is 0 Å². The van der Waals surface area contributed by atoms with E-state index in [9.17, 15) is 14.7 Å². The van der Waals surface area contributed by atoms with E-state index in [1.807, 2.05) is 30.3 Å². The molecule has 0 aromatic heterocycles. The number of esters is 2. The highest BCUT2D eigenvalue weighted by atomic mass is 16.5. The second kappa shape index (κ2) is 7.22. The van der Waals surface area contributed by atoms with Crippen molar-refractivity contribution < 1.29 is 24.2 Å². The summed E-state index contributed by atoms with van der Waals surface area (Å²) in [5, 5.41) is 9.67. The molecule has 1 fully saturated rings. The number of carbonyl (C=O) groups is 2. The molecule has 1 aliphatic rings. The van der Waals surface area contributed by atoms with Crippen LogP contribution in [0.15, 0.2) is 30.3 Å². The monoisotopic (exact) mass is 292 g/mol. The van der Waals surface area contributed by atoms with Gasteiger partial charge in [-0.2, -0.15) is 0 Å². The fraction of sp³-hybridized carbons (Fsp3) is 0.500. The van der Waals surface area contributed by atoms with E-state index in [0.717, 1.165) is 5.56 Å². The molecule has 0 spiro atoms. The zero-order chi connectivity index (χ0) is 15.2. The van der Waals surface area contributed by atoms with Crippen molar-refractivity contribution in [2.75, 3.05) is 7.11 Å². The molecule has 1 aromatic rings. The minimum absolute atomic E-state index is 0.187. The van der Waals surface area contributed by atoms with Crippen LogP contribution in [0.25, 0.3) is 0 Å². The van der Waals surface area contributed by atoms with Gasteiger partial charge in [-0.15, -0.1) is 0 Å². The third-order valence-corrected chi connectivity index (χ3v) is 3.85. The number of methoxy groups -OCH3 is 1. The van der Waals surface area contributed by atoms with Crippen LogP contribution in [-0.4, -0.2) is 30.3 Å². The van der Waals surface area contributed by atoms with Crippen LogP contribution in [0, 0.1) is 11.8 Å². The first-order valence-corrected chi connectivity index (χ1v) is 7.08. The largest absolute Gasteiger partial charge is 0.469 e. The van der Waals surface area contributed by atoms with Crippen molar-refractivity contribution in [1.29, 1.82) is 0 Å². The van der Waals surface area contributed by atoms with E-state index in [1.165, 1.54) is 7.11 Å². The molecular weight excluding hydrogens is 272 g/mol. The van der Waals surface area contributed by atoms with Crippen LogP contribution >= 0.6 is 0 Å². The molecule has 21 heavy (non-hydrogen) atoms. The molecule has 114 valence electrons. The average Bonchev–Trinajstić information content (AvgIpc) is 2.52. The van der Waals surface area contributed by atoms with E-state index in [4.69, 9.17) is 9.47 Å². The number of benzene rings is 1. The zero-order valence-electron chi connectivity index (χ0n) is 12.0. The van der Waals surface area contributed by atoms with Gasteiger partial charge in [-0.25, -0.2) is 0 Å². The molecular formula is C16H20O5. The predicted molar refractivity (Wildman–Crippen MR) is 75.1 cm³/mol. The summed E-state index contributed by atoms with van der Waals surface area (Å²) in [6.45, 7) is 0.187. The number of aliphatic hydroxyl groups is 1. The fourth-order valence-electron chi connectivity index (χ4n) is 2.68. The van der Waals surface area contributed by atoms with Crippen molar-refractivity contribution in [3.8, 4) is 0 Å². The van der Waals surface area contributed by atoms with Gasteiger partial charge < -0.3 is 14.6 Å². The number of hydrogen-bond donors (Lipinski definition) is 1. The number of hydrogen-bond acceptors (Lipinski definition) is 5. The van der Waals surface area contributed by atoms with Crippen LogP contribution < -0.4 is 0 Å². The second-order valence-electron chi connectivity index (χ2n) is 5.30. The van der Waals surface area contributed by atoms with E-state index in [-0.39, 0.29) is 13.0 Å². The molecule has 0 saturated heterocycles. The summed E-state index contributed by atoms with van der Waals surface area (Å²) in [7, 11) is 1.29. The molecule has 0 amide bonds. The number of aliphatic hydroxyl groups excluding tert-OH is 1. The van der Waals surface area contributed by atoms with Gasteiger partial charge in [-0.05, 0) is 24.8 Å². The average molecular weight is 292 g/mol. The lowest BCUT2D eigenvalue weighted by atomic mass is 9.78. The second-order valence-corrected chi connectivity index (χ2v) is 5.30. The highest BCUT2D eigenvalue weighted by Gasteiger charge is 2.40. The molecule has 0 heterocycles. The van der Waals surface area contributed by atoms with Crippen LogP contribution in [0.4, 0.5) is 0 Å². The van der Waals surface area contributed by atoms with Crippen molar-refractivity contribution in [3.63, 3.8) is 0 Å². The normalized spacial score (nSPS) is 25.1. The SMILES string of the molecule is COC(=O)[C@@H]1C[C@H](O)CC[C@H]1C(=O)OCc1ccccc1. The Morgan fingerprint density at radius 1 is 1.14 bits per heavy atom. The Hall–Kier alpha value is -1.88. The summed E-state index contributed by atoms with van der Waals surface area (Å²) >= 11 is 0. The van der Waals surface area contributed by atoms with Gasteiger partial charge in [0.1, 0.15) is 6.61 Å². The van der Waals surface area contributed by atoms with Gasteiger partial charge >= 0.3 is 11.9 Å². The first kappa shape index (κ1) is 15.5. The predicted octanol–water partition coefficient (Wildman–Crippen LogP) is 1.68. The molecule has 0 bridgehead atoms. The van der Waals surface area contributed by atoms with Crippen LogP contribution in [0.2, 0.25) is 0 Å². The number of carbonyl (C=O) groups excluding carboxylic acids is 2. The van der Waals surface area contributed by atoms with Gasteiger partial charge in [-0.1, -0.05) is 30.3 Å². The lowest BCUT2D eigenvalue weighted by molar-refractivity contribution is -0.164. The van der Waals surface area contributed by atoms with Crippen LogP contribution in [-0.2, 0) is 25.7 Å². The summed E-state index contributed by atoms with van der Waals surface area (Å²) in [6.07, 6.45) is 0.623. The molecule has 0 unspecified atom stereocenters. The molecule has 3 atom stereocenters. The summed E-state index contributed by atoms with van der Waals surface area (Å²) in [6, 6.07) is 9.38. The zero-order valence-corrected chi connectivity index (χ0v) is 12.0. The molecule has 1 saturated carbocycles. The molecule has 0 radical (unpaired) electrons. The van der Waals surface area contributed by atoms with Gasteiger partial charge in [0.15, 0.2) is 0 Å². The van der Waals surface area contributed by atoms with Crippen LogP contribution in [0.1, 0.15) is 24.8 Å². The Bertz CT molecular complexity index is 485. The van der Waals surface area contributed by atoms with Crippen molar-refractivity contribution in [2.45, 2.75) is 32.0 Å². The maximum Gasteiger partial charge on any atom is 0.310 e. The summed E-state index contributed by atoms with van der Waals surface area (Å²) in [4.78, 5) is 24.0. The van der Waals surface area contributed by atoms with Crippen LogP contribution in [0.3, 0.4) is 0 Å². The lowest BCUT2D eigenvalue weighted by Crippen LogP contribution is -2.38. The van der Waals surface area contributed by atoms with E-state index in [2.05, 4.69) is 0 Å². The Balaban J connectivity index is 1.97. The van der Waals surface area contributed by atoms with E-state index >= 15 is 0 Å². The lowest BCUT2D eigenvalue weighted by Gasteiger charge is -2.30. The smallest absolute Gasteiger partial charge is 0.310 e. The summed E-state index contributed by atoms with van der Waals surface area (Å²) < 4.78 is 10.0. The van der Waals surface area contributed by atoms with Crippen LogP contribution in [0.5, 0.6) is 0 Å². The van der Waals surface area contributed by atoms with E-state index in [1.54, 1.807) is 0 Å². The van der Waals surface area contributed by atoms with Crippen molar-refractivity contribution in [1.82, 2.24) is 0 Å². The molecule has 2 rings (SSSR count). The van der Waals surface area contributed by atoms with Crippen molar-refractivity contribution in [2.24, 2.45) is 11.8 Å². The highest BCUT2D eigenvalue weighted by molar-refractivity contribution is 5.82. The molecule has 5 nitrogen and oxygen atoms in total. The Morgan fingerprint density at radius 2 is 1.86 bits per heavy atom. The van der Waals surface area contributed by atoms with Gasteiger partial charge in [-0.3, -0.25) is 9.59 Å². The minimum atomic E-state index is -0.623. The fourth-order valence-corrected chi connectivity index (χ4v) is 2.68. The van der Waals surface area contributed by atoms with Gasteiger partial charge in [0.2, 0.25) is 0 Å². The quantitative estimate of drug-likeness (QED) is 0.855. The Kier molecular flexibility index (Phi) is 5.33. The van der Waals surface area contributed by atoms with E-state index < -0.39 is 29.9 Å². The molecule has 1 aromatic carbocycles. The molecule has 0 aliphatic heterocycles. The number of ether oxygens (including phenoxy) is 2. The standard InChI is InChI=1S/C16H20O5/c1-20-15(18)14-9-12(17)7-8-13(14)16(19)21-10-11-5-3-2-4-6-11/h2-6,12-14,17H,7-10H2,1H3/t12-,13-,14-/m1/s1. The molecule has 1 aliphatic carbocycles. The van der Waals surface area contributed by atoms with E-state index in [0.29, 0.717) is 12.8 Å². The minimum Gasteiger partial charge on any atom is -0.469 e. The Morgan fingerprint density at radius 3 is 2.52 bits per heavy atom. The molecule has 5 heteroatoms. The maximum atomic E-state index is 12.2. The third kappa shape index (κ3) is 4.04. The maximum absolute atomic E-state index is 12.2.